The number of carbonyl (C=O) groups excluding carboxylic acids is 1. The molecule has 2 rings (SSSR count). The van der Waals surface area contributed by atoms with Crippen LogP contribution in [-0.2, 0) is 4.79 Å². The number of nitrogens with zero attached hydrogens (tertiary/aromatic N) is 1. The van der Waals surface area contributed by atoms with E-state index in [1.54, 1.807) is 18.2 Å². The first-order valence-electron chi connectivity index (χ1n) is 5.81. The number of methoxy groups -OCH3 is 1. The van der Waals surface area contributed by atoms with E-state index >= 15 is 0 Å². The molecule has 0 aliphatic heterocycles. The van der Waals surface area contributed by atoms with Crippen LogP contribution in [-0.4, -0.2) is 17.3 Å². The molecule has 6 nitrogen and oxygen atoms in total. The van der Waals surface area contributed by atoms with Crippen LogP contribution in [0.5, 0.6) is 5.75 Å². The average molecular weight is 308 g/mol. The van der Waals surface area contributed by atoms with Crippen LogP contribution in [0, 0.1) is 10.1 Å². The maximum absolute atomic E-state index is 11.1. The largest absolute Gasteiger partial charge is 0.497 e. The zero-order valence-electron chi connectivity index (χ0n) is 10.9. The number of hydrogen-bond acceptors (Lipinski definition) is 5. The lowest BCUT2D eigenvalue weighted by Crippen LogP contribution is -1.93. The molecule has 0 bridgehead atoms. The number of benzene rings is 1. The smallest absolute Gasteiger partial charge is 0.284 e. The number of carbonyl (C=O) groups is 1. The molecule has 0 unspecified atom stereocenters. The highest BCUT2D eigenvalue weighted by Crippen LogP contribution is 2.34. The van der Waals surface area contributed by atoms with Gasteiger partial charge in [-0.3, -0.25) is 14.9 Å². The van der Waals surface area contributed by atoms with Crippen molar-refractivity contribution in [3.05, 3.63) is 52.3 Å². The highest BCUT2D eigenvalue weighted by molar-refractivity contribution is 6.66. The molecule has 0 atom stereocenters. The minimum absolute atomic E-state index is 0.132. The lowest BCUT2D eigenvalue weighted by molar-refractivity contribution is -0.384. The van der Waals surface area contributed by atoms with E-state index in [1.165, 1.54) is 25.3 Å². The highest BCUT2D eigenvalue weighted by atomic mass is 35.5. The van der Waals surface area contributed by atoms with Crippen molar-refractivity contribution in [2.24, 2.45) is 0 Å². The second-order valence-corrected chi connectivity index (χ2v) is 4.35. The Morgan fingerprint density at radius 2 is 2.14 bits per heavy atom. The zero-order chi connectivity index (χ0) is 15.4. The van der Waals surface area contributed by atoms with E-state index in [0.717, 1.165) is 6.08 Å². The molecule has 0 saturated heterocycles. The Labute approximate surface area is 124 Å². The summed E-state index contributed by atoms with van der Waals surface area (Å²) >= 11 is 5.18. The third kappa shape index (κ3) is 3.49. The van der Waals surface area contributed by atoms with Crippen LogP contribution in [0.4, 0.5) is 5.69 Å². The molecular formula is C14H10ClNO5. The number of furan rings is 1. The van der Waals surface area contributed by atoms with Gasteiger partial charge in [-0.1, -0.05) is 0 Å². The molecule has 1 heterocycles. The number of nitro benzene ring substituents is 1. The van der Waals surface area contributed by atoms with Gasteiger partial charge in [-0.05, 0) is 41.9 Å². The normalized spacial score (nSPS) is 10.8. The van der Waals surface area contributed by atoms with Crippen LogP contribution < -0.4 is 4.74 Å². The first-order valence-corrected chi connectivity index (χ1v) is 6.19. The van der Waals surface area contributed by atoms with Crippen molar-refractivity contribution in [3.8, 4) is 17.1 Å². The molecule has 0 spiro atoms. The minimum Gasteiger partial charge on any atom is -0.497 e. The SMILES string of the molecule is COc1ccc(-c2ccc(/C=C/C(=O)Cl)o2)c([N+](=O)[O-])c1. The van der Waals surface area contributed by atoms with Crippen LogP contribution in [0.3, 0.4) is 0 Å². The molecule has 0 aliphatic carbocycles. The summed E-state index contributed by atoms with van der Waals surface area (Å²) in [6, 6.07) is 7.61. The Bertz CT molecular complexity index is 720. The summed E-state index contributed by atoms with van der Waals surface area (Å²) in [4.78, 5) is 21.2. The summed E-state index contributed by atoms with van der Waals surface area (Å²) in [5.74, 6) is 1.06. The fourth-order valence-electron chi connectivity index (χ4n) is 1.73. The number of nitro groups is 1. The summed E-state index contributed by atoms with van der Waals surface area (Å²) < 4.78 is 10.4. The highest BCUT2D eigenvalue weighted by Gasteiger charge is 2.19. The van der Waals surface area contributed by atoms with Gasteiger partial charge >= 0.3 is 0 Å². The van der Waals surface area contributed by atoms with Crippen LogP contribution in [0.15, 0.2) is 40.8 Å². The second-order valence-electron chi connectivity index (χ2n) is 3.98. The summed E-state index contributed by atoms with van der Waals surface area (Å²) in [5.41, 5.74) is 0.185. The van der Waals surface area contributed by atoms with Crippen molar-refractivity contribution in [2.45, 2.75) is 0 Å². The van der Waals surface area contributed by atoms with Gasteiger partial charge in [-0.2, -0.15) is 0 Å². The maximum Gasteiger partial charge on any atom is 0.284 e. The Hall–Kier alpha value is -2.60. The molecule has 0 N–H and O–H groups in total. The Balaban J connectivity index is 2.42. The fraction of sp³-hybridized carbons (Fsp3) is 0.0714. The Kier molecular flexibility index (Phi) is 4.39. The van der Waals surface area contributed by atoms with E-state index in [9.17, 15) is 14.9 Å². The molecule has 108 valence electrons. The van der Waals surface area contributed by atoms with Gasteiger partial charge in [-0.15, -0.1) is 0 Å². The molecule has 0 amide bonds. The molecular weight excluding hydrogens is 298 g/mol. The van der Waals surface area contributed by atoms with Gasteiger partial charge in [0.1, 0.15) is 17.3 Å². The van der Waals surface area contributed by atoms with Gasteiger partial charge in [0.2, 0.25) is 5.24 Å². The van der Waals surface area contributed by atoms with Crippen molar-refractivity contribution in [1.82, 2.24) is 0 Å². The molecule has 1 aromatic carbocycles. The standard InChI is InChI=1S/C14H10ClNO5/c1-20-10-2-5-11(12(8-10)16(18)19)13-6-3-9(21-13)4-7-14(15)17/h2-8H,1H3/b7-4+. The molecule has 0 aliphatic rings. The lowest BCUT2D eigenvalue weighted by atomic mass is 10.1. The van der Waals surface area contributed by atoms with Crippen LogP contribution in [0.1, 0.15) is 5.76 Å². The Morgan fingerprint density at radius 3 is 2.76 bits per heavy atom. The summed E-state index contributed by atoms with van der Waals surface area (Å²) in [6.45, 7) is 0. The molecule has 2 aromatic rings. The van der Waals surface area contributed by atoms with Crippen LogP contribution in [0.25, 0.3) is 17.4 Å². The van der Waals surface area contributed by atoms with Crippen molar-refractivity contribution in [2.75, 3.05) is 7.11 Å². The van der Waals surface area contributed by atoms with E-state index in [-0.39, 0.29) is 5.69 Å². The zero-order valence-corrected chi connectivity index (χ0v) is 11.7. The summed E-state index contributed by atoms with van der Waals surface area (Å²) in [7, 11) is 1.43. The topological polar surface area (TPSA) is 82.6 Å². The first-order chi connectivity index (χ1) is 10.0. The van der Waals surface area contributed by atoms with Gasteiger partial charge in [0, 0.05) is 6.08 Å². The predicted molar refractivity (Wildman–Crippen MR) is 77.2 cm³/mol. The van der Waals surface area contributed by atoms with Crippen molar-refractivity contribution in [3.63, 3.8) is 0 Å². The van der Waals surface area contributed by atoms with E-state index in [1.807, 2.05) is 0 Å². The number of hydrogen-bond donors (Lipinski definition) is 0. The number of halogens is 1. The molecule has 7 heteroatoms. The predicted octanol–water partition coefficient (Wildman–Crippen LogP) is 3.64. The van der Waals surface area contributed by atoms with Crippen molar-refractivity contribution in [1.29, 1.82) is 0 Å². The van der Waals surface area contributed by atoms with Gasteiger partial charge < -0.3 is 9.15 Å². The molecule has 0 radical (unpaired) electrons. The first kappa shape index (κ1) is 14.8. The summed E-state index contributed by atoms with van der Waals surface area (Å²) in [5, 5.41) is 10.5. The van der Waals surface area contributed by atoms with Crippen LogP contribution in [0.2, 0.25) is 0 Å². The number of ether oxygens (including phenoxy) is 1. The van der Waals surface area contributed by atoms with E-state index < -0.39 is 10.2 Å². The second kappa shape index (κ2) is 6.23. The van der Waals surface area contributed by atoms with Crippen LogP contribution >= 0.6 is 11.6 Å². The molecule has 1 aromatic heterocycles. The fourth-order valence-corrected chi connectivity index (χ4v) is 1.80. The molecule has 0 fully saturated rings. The molecule has 21 heavy (non-hydrogen) atoms. The van der Waals surface area contributed by atoms with Gasteiger partial charge in [-0.25, -0.2) is 0 Å². The number of allylic oxidation sites excluding steroid dienone is 1. The lowest BCUT2D eigenvalue weighted by Gasteiger charge is -2.03. The van der Waals surface area contributed by atoms with Crippen molar-refractivity contribution < 1.29 is 18.9 Å². The monoisotopic (exact) mass is 307 g/mol. The van der Waals surface area contributed by atoms with Gasteiger partial charge in [0.25, 0.3) is 5.69 Å². The van der Waals surface area contributed by atoms with E-state index in [2.05, 4.69) is 0 Å². The van der Waals surface area contributed by atoms with Gasteiger partial charge in [0.05, 0.1) is 23.7 Å². The van der Waals surface area contributed by atoms with E-state index in [4.69, 9.17) is 20.8 Å². The maximum atomic E-state index is 11.1. The minimum atomic E-state index is -0.636. The third-order valence-corrected chi connectivity index (χ3v) is 2.80. The van der Waals surface area contributed by atoms with Crippen molar-refractivity contribution >= 4 is 28.6 Å². The summed E-state index contributed by atoms with van der Waals surface area (Å²) in [6.07, 6.45) is 2.51. The Morgan fingerprint density at radius 1 is 1.38 bits per heavy atom. The average Bonchev–Trinajstić information content (AvgIpc) is 2.93. The number of rotatable bonds is 5. The molecule has 0 saturated carbocycles. The van der Waals surface area contributed by atoms with E-state index in [0.29, 0.717) is 22.8 Å². The third-order valence-electron chi connectivity index (χ3n) is 2.67. The van der Waals surface area contributed by atoms with Gasteiger partial charge in [0.15, 0.2) is 0 Å². The quantitative estimate of drug-likeness (QED) is 0.364.